The van der Waals surface area contributed by atoms with E-state index in [0.29, 0.717) is 0 Å². The molecule has 0 amide bonds. The molecule has 0 aromatic rings. The van der Waals surface area contributed by atoms with E-state index in [1.165, 1.54) is 395 Å². The van der Waals surface area contributed by atoms with Crippen molar-refractivity contribution in [3.63, 3.8) is 0 Å². The molecule has 0 aliphatic carbocycles. The zero-order valence-corrected chi connectivity index (χ0v) is 76.7. The van der Waals surface area contributed by atoms with E-state index in [4.69, 9.17) is 0 Å². The molecule has 34 heteroatoms. The second-order valence-corrected chi connectivity index (χ2v) is 32.4. The van der Waals surface area contributed by atoms with Crippen LogP contribution in [0.4, 0.5) is 0 Å². The molecule has 0 aromatic heterocycles. The van der Waals surface area contributed by atoms with Crippen molar-refractivity contribution in [3.8, 4) is 0 Å². The van der Waals surface area contributed by atoms with Gasteiger partial charge in [-0.1, -0.05) is 336 Å². The van der Waals surface area contributed by atoms with E-state index >= 15 is 0 Å². The predicted octanol–water partition coefficient (Wildman–Crippen LogP) is 7.27. The van der Waals surface area contributed by atoms with Gasteiger partial charge in [0.15, 0.2) is 0 Å². The van der Waals surface area contributed by atoms with Crippen LogP contribution in [0.1, 0.15) is 387 Å². The quantitative estimate of drug-likeness (QED) is 0.0328. The molecule has 0 aliphatic rings. The Kier molecular flexibility index (Phi) is 162. The number of nitrogens with zero attached hydrogens (tertiary/aromatic N) is 2. The van der Waals surface area contributed by atoms with E-state index < -0.39 is 55.0 Å². The van der Waals surface area contributed by atoms with Gasteiger partial charge in [0.1, 0.15) is 0 Å². The average Bonchev–Trinajstić information content (AvgIpc) is 0.972. The van der Waals surface area contributed by atoms with Gasteiger partial charge in [-0.25, -0.2) is 0 Å². The fraction of sp³-hybridized carbons (Fsp3) is 1.00. The molecule has 0 rings (SSSR count). The molecule has 0 aliphatic heterocycles. The molecule has 0 saturated carbocycles. The zero-order chi connectivity index (χ0) is 69.0. The van der Waals surface area contributed by atoms with Gasteiger partial charge in [-0.15, -0.1) is 0 Å². The van der Waals surface area contributed by atoms with Gasteiger partial charge in [0.2, 0.25) is 0 Å². The summed E-state index contributed by atoms with van der Waals surface area (Å²) in [6.45, 7) is 14.8. The van der Waals surface area contributed by atoms with E-state index in [0.717, 1.165) is 0 Å². The van der Waals surface area contributed by atoms with Gasteiger partial charge in [0, 0.05) is 0 Å². The Labute approximate surface area is 681 Å². The van der Waals surface area contributed by atoms with Gasteiger partial charge < -0.3 is 121 Å². The van der Waals surface area contributed by atoms with Crippen molar-refractivity contribution < 1.29 is 121 Å². The minimum atomic E-state index is -3.51. The fourth-order valence-corrected chi connectivity index (χ4v) is 13.0. The average molecular weight is 1610 g/mol. The first-order valence-electron chi connectivity index (χ1n) is 37.6. The van der Waals surface area contributed by atoms with Crippen molar-refractivity contribution in [1.82, 2.24) is 0 Å². The molecule has 0 aromatic carbocycles. The second kappa shape index (κ2) is 117. The van der Waals surface area contributed by atoms with Crippen molar-refractivity contribution in [1.29, 1.82) is 0 Å². The molecule has 0 radical (unpaired) electrons. The van der Waals surface area contributed by atoms with Crippen LogP contribution in [0.3, 0.4) is 0 Å². The normalized spacial score (nSPS) is 9.76. The number of hydrogen-bond acceptors (Lipinski definition) is 17. The van der Waals surface area contributed by atoms with Gasteiger partial charge in [-0.2, -0.15) is 0 Å². The maximum absolute atomic E-state index is 9.29. The van der Waals surface area contributed by atoms with Gasteiger partial charge in [0.05, 0.1) is 54.4 Å². The topological polar surface area (TPSA) is 517 Å². The first-order chi connectivity index (χ1) is 43.6. The van der Waals surface area contributed by atoms with Crippen LogP contribution in [0.2, 0.25) is 0 Å². The van der Waals surface area contributed by atoms with Crippen molar-refractivity contribution in [3.05, 3.63) is 0 Å². The second-order valence-electron chi connectivity index (χ2n) is 27.0. The third-order valence-corrected chi connectivity index (χ3v) is 21.0. The van der Waals surface area contributed by atoms with Crippen molar-refractivity contribution in [2.45, 2.75) is 387 Å². The van der Waals surface area contributed by atoms with E-state index in [-0.39, 0.29) is 113 Å². The van der Waals surface area contributed by atoms with Crippen molar-refractivity contribution in [2.24, 2.45) is 0 Å². The number of hydrogen-bond donors (Lipinski definition) is 0. The summed E-state index contributed by atoms with van der Waals surface area (Å²) in [5.41, 5.74) is 0. The van der Waals surface area contributed by atoms with Crippen molar-refractivity contribution >= 4 is 124 Å². The Balaban J connectivity index is -0.0000000740. The molecule has 0 unspecified atom stereocenters. The van der Waals surface area contributed by atoms with Gasteiger partial charge in [-0.05, 0) is 51.4 Å². The monoisotopic (exact) mass is 1610 g/mol. The van der Waals surface area contributed by atoms with Gasteiger partial charge in [0.25, 0.3) is 0 Å². The van der Waals surface area contributed by atoms with Crippen LogP contribution in [0.15, 0.2) is 0 Å². The smallest absolute Gasteiger partial charge is 0.870 e. The Morgan fingerprint density at radius 3 is 0.343 bits per heavy atom. The number of unbranched alkanes of at least 4 members (excludes halogenated alkanes) is 52. The summed E-state index contributed by atoms with van der Waals surface area (Å²) in [6, 6.07) is 0. The largest absolute Gasteiger partial charge is 2.00 e. The van der Waals surface area contributed by atoms with Crippen molar-refractivity contribution in [2.75, 3.05) is 54.4 Å². The van der Waals surface area contributed by atoms with Crippen LogP contribution in [0, 0.1) is 0 Å². The standard InChI is InChI=1S/2C34H72N.3Mg.3O5Si2.8H2O/c2*1-5-7-9-11-13-15-17-19-21-23-25-27-29-31-33-35(3,4)34-32-30-28-26-24-22-20-18-16-14-12-10-8-6-2;;;;3*1-6(2)5-7(3)4;;;;;;;;/h2*5-34H2,1-4H3;;;;;;;8*1H2/q2*+1;3*+2;3*-2;;;;;;;;/p-2. The van der Waals surface area contributed by atoms with Crippen LogP contribution in [-0.2, 0) is 39.1 Å². The molecular weight excluding hydrogens is 1450 g/mol. The molecular formula is C68H158Mg3N2O23Si6. The van der Waals surface area contributed by atoms with Crippen LogP contribution in [-0.4, -0.2) is 231 Å². The molecule has 0 fully saturated rings. The third kappa shape index (κ3) is 153. The molecule has 608 valence electrons. The predicted molar refractivity (Wildman–Crippen MR) is 410 cm³/mol. The first-order valence-corrected chi connectivity index (χ1v) is 44.9. The summed E-state index contributed by atoms with van der Waals surface area (Å²) in [6.07, 6.45) is 81.9. The van der Waals surface area contributed by atoms with E-state index in [1.54, 1.807) is 0 Å². The molecule has 14 N–H and O–H groups in total. The third-order valence-electron chi connectivity index (χ3n) is 17.0. The maximum atomic E-state index is 9.29. The van der Waals surface area contributed by atoms with Crippen LogP contribution >= 0.6 is 0 Å². The molecule has 0 saturated heterocycles. The SMILES string of the molecule is CCCCCCCCCCCCCCCC[N+](C)(C)CCCCCCCCCCCCCCCC.CCCCCCCCCCCCCCCC[N+](C)(C)CCCCCCCCCCCCCCCC.O.O.O.O.O.O.O=[Si]([O-])O[Si](=O)[O-].O=[Si]([O-])O[Si](=O)[O-].O=[Si]([O-])O[Si](=O)[O-].[Mg+2].[Mg+2].[Mg+2].[OH-].[OH-]. The number of quaternary nitrogens is 2. The molecule has 102 heavy (non-hydrogen) atoms. The Morgan fingerprint density at radius 1 is 0.196 bits per heavy atom. The zero-order valence-electron chi connectivity index (χ0n) is 66.5. The Morgan fingerprint density at radius 2 is 0.275 bits per heavy atom. The summed E-state index contributed by atoms with van der Waals surface area (Å²) in [5.74, 6) is 0. The molecule has 0 atom stereocenters. The number of rotatable bonds is 66. The van der Waals surface area contributed by atoms with Crippen LogP contribution < -0.4 is 28.8 Å². The van der Waals surface area contributed by atoms with Crippen LogP contribution in [0.5, 0.6) is 0 Å². The molecule has 0 spiro atoms. The van der Waals surface area contributed by atoms with E-state index in [9.17, 15) is 55.5 Å². The van der Waals surface area contributed by atoms with E-state index in [2.05, 4.69) is 68.2 Å². The van der Waals surface area contributed by atoms with Gasteiger partial charge >= 0.3 is 124 Å². The summed E-state index contributed by atoms with van der Waals surface area (Å²) in [7, 11) is -11.2. The van der Waals surface area contributed by atoms with Gasteiger partial charge in [-0.3, -0.25) is 0 Å². The fourth-order valence-electron chi connectivity index (χ4n) is 11.4. The van der Waals surface area contributed by atoms with Crippen LogP contribution in [0.25, 0.3) is 0 Å². The summed E-state index contributed by atoms with van der Waals surface area (Å²) in [5, 5.41) is 0. The first kappa shape index (κ1) is 141. The maximum Gasteiger partial charge on any atom is 2.00 e. The summed E-state index contributed by atoms with van der Waals surface area (Å²) < 4.78 is 67.9. The Bertz CT molecular complexity index is 1380. The molecule has 25 nitrogen and oxygen atoms in total. The molecule has 0 heterocycles. The minimum Gasteiger partial charge on any atom is -0.870 e. The Hall–Kier alpha value is 0.200. The molecule has 0 bridgehead atoms. The minimum absolute atomic E-state index is 0. The summed E-state index contributed by atoms with van der Waals surface area (Å²) >= 11 is 0. The van der Waals surface area contributed by atoms with E-state index in [1.807, 2.05) is 0 Å². The summed E-state index contributed by atoms with van der Waals surface area (Å²) in [4.78, 5) is 55.7.